The highest BCUT2D eigenvalue weighted by molar-refractivity contribution is 5.95. The number of carbonyl (C=O) groups excluding carboxylic acids is 4. The number of nitrogens with one attached hydrogen (secondary N) is 3. The van der Waals surface area contributed by atoms with E-state index in [1.165, 1.54) is 24.3 Å². The molecule has 34 heavy (non-hydrogen) atoms. The van der Waals surface area contributed by atoms with Crippen molar-refractivity contribution in [3.63, 3.8) is 0 Å². The number of phenols is 1. The van der Waals surface area contributed by atoms with Gasteiger partial charge in [-0.1, -0.05) is 12.1 Å². The van der Waals surface area contributed by atoms with E-state index in [0.717, 1.165) is 6.92 Å². The summed E-state index contributed by atoms with van der Waals surface area (Å²) in [6.07, 6.45) is -2.09. The highest BCUT2D eigenvalue weighted by Gasteiger charge is 2.31. The Morgan fingerprint density at radius 3 is 1.94 bits per heavy atom. The molecule has 0 aliphatic carbocycles. The number of aromatic hydroxyl groups is 1. The van der Waals surface area contributed by atoms with E-state index < -0.39 is 72.9 Å². The van der Waals surface area contributed by atoms with Crippen LogP contribution in [0.3, 0.4) is 0 Å². The topological polar surface area (TPSA) is 254 Å². The Labute approximate surface area is 194 Å². The fraction of sp³-hybridized carbons (Fsp3) is 0.450. The number of hydrogen-bond donors (Lipinski definition) is 9. The summed E-state index contributed by atoms with van der Waals surface area (Å²) in [5.41, 5.74) is 11.1. The number of hydrogen-bond acceptors (Lipinski definition) is 9. The third-order valence-corrected chi connectivity index (χ3v) is 4.63. The van der Waals surface area contributed by atoms with Crippen molar-refractivity contribution in [1.29, 1.82) is 0 Å². The Morgan fingerprint density at radius 2 is 1.47 bits per heavy atom. The van der Waals surface area contributed by atoms with Crippen molar-refractivity contribution < 1.29 is 44.4 Å². The van der Waals surface area contributed by atoms with E-state index >= 15 is 0 Å². The summed E-state index contributed by atoms with van der Waals surface area (Å²) in [5, 5.41) is 44.1. The van der Waals surface area contributed by atoms with Crippen LogP contribution in [0, 0.1) is 0 Å². The summed E-state index contributed by atoms with van der Waals surface area (Å²) >= 11 is 0. The van der Waals surface area contributed by atoms with Crippen molar-refractivity contribution in [1.82, 2.24) is 16.0 Å². The molecule has 0 saturated heterocycles. The van der Waals surface area contributed by atoms with E-state index in [1.54, 1.807) is 0 Å². The molecule has 14 nitrogen and oxygen atoms in total. The van der Waals surface area contributed by atoms with Crippen LogP contribution < -0.4 is 27.4 Å². The SMILES string of the molecule is CC(O)C(NC(=O)C(CO)NC(=O)C(Cc1ccc(O)cc1)NC(=O)C(N)CC(N)=O)C(=O)O. The lowest BCUT2D eigenvalue weighted by atomic mass is 10.0. The Balaban J connectivity index is 3.03. The van der Waals surface area contributed by atoms with Crippen LogP contribution in [0.5, 0.6) is 5.75 Å². The maximum atomic E-state index is 12.9. The summed E-state index contributed by atoms with van der Waals surface area (Å²) in [6, 6.07) is -0.377. The van der Waals surface area contributed by atoms with Crippen LogP contribution in [0.25, 0.3) is 0 Å². The molecule has 0 spiro atoms. The smallest absolute Gasteiger partial charge is 0.328 e. The molecule has 0 aliphatic rings. The molecule has 5 unspecified atom stereocenters. The molecule has 0 bridgehead atoms. The molecule has 11 N–H and O–H groups in total. The molecule has 1 aromatic rings. The van der Waals surface area contributed by atoms with Crippen LogP contribution in [0.1, 0.15) is 18.9 Å². The van der Waals surface area contributed by atoms with Crippen molar-refractivity contribution in [2.24, 2.45) is 11.5 Å². The predicted octanol–water partition coefficient (Wildman–Crippen LogP) is -3.95. The second kappa shape index (κ2) is 13.1. The predicted molar refractivity (Wildman–Crippen MR) is 116 cm³/mol. The summed E-state index contributed by atoms with van der Waals surface area (Å²) in [6.45, 7) is 0.203. The summed E-state index contributed by atoms with van der Waals surface area (Å²) in [7, 11) is 0. The van der Waals surface area contributed by atoms with Crippen LogP contribution in [0.15, 0.2) is 24.3 Å². The first-order valence-electron chi connectivity index (χ1n) is 10.1. The van der Waals surface area contributed by atoms with Crippen molar-refractivity contribution in [2.75, 3.05) is 6.61 Å². The highest BCUT2D eigenvalue weighted by Crippen LogP contribution is 2.12. The van der Waals surface area contributed by atoms with Gasteiger partial charge in [-0.25, -0.2) is 4.79 Å². The number of carboxylic acid groups (broad SMARTS) is 1. The van der Waals surface area contributed by atoms with E-state index in [4.69, 9.17) is 16.6 Å². The first kappa shape index (κ1) is 28.3. The zero-order valence-corrected chi connectivity index (χ0v) is 18.3. The molecule has 5 atom stereocenters. The summed E-state index contributed by atoms with van der Waals surface area (Å²) in [5.74, 6) is -5.34. The number of aliphatic carboxylic acids is 1. The number of aliphatic hydroxyl groups is 2. The fourth-order valence-electron chi connectivity index (χ4n) is 2.77. The second-order valence-electron chi connectivity index (χ2n) is 7.52. The Morgan fingerprint density at radius 1 is 0.941 bits per heavy atom. The van der Waals surface area contributed by atoms with E-state index in [2.05, 4.69) is 10.6 Å². The minimum atomic E-state index is -1.70. The molecule has 0 saturated carbocycles. The standard InChI is InChI=1S/C20H29N5O9/c1-9(27)16(20(33)34)25-19(32)14(8-26)24-18(31)13(6-10-2-4-11(28)5-3-10)23-17(30)12(21)7-15(22)29/h2-5,9,12-14,16,26-28H,6-8,21H2,1H3,(H2,22,29)(H,23,30)(H,24,31)(H,25,32)(H,33,34). The van der Waals surface area contributed by atoms with Gasteiger partial charge < -0.3 is 47.8 Å². The van der Waals surface area contributed by atoms with Crippen LogP contribution in [-0.2, 0) is 30.4 Å². The van der Waals surface area contributed by atoms with Crippen LogP contribution in [-0.4, -0.2) is 86.9 Å². The van der Waals surface area contributed by atoms with Crippen molar-refractivity contribution in [3.8, 4) is 5.75 Å². The van der Waals surface area contributed by atoms with Gasteiger partial charge in [0.2, 0.25) is 23.6 Å². The molecule has 14 heteroatoms. The third-order valence-electron chi connectivity index (χ3n) is 4.63. The first-order valence-corrected chi connectivity index (χ1v) is 10.1. The van der Waals surface area contributed by atoms with Gasteiger partial charge in [-0.05, 0) is 24.6 Å². The maximum Gasteiger partial charge on any atom is 0.328 e. The number of nitrogens with two attached hydrogens (primary N) is 2. The number of amides is 4. The number of carboxylic acids is 1. The van der Waals surface area contributed by atoms with Crippen LogP contribution in [0.4, 0.5) is 0 Å². The van der Waals surface area contributed by atoms with Crippen molar-refractivity contribution >= 4 is 29.6 Å². The average molecular weight is 483 g/mol. The number of phenolic OH excluding ortho intramolecular Hbond substituents is 1. The molecule has 1 rings (SSSR count). The maximum absolute atomic E-state index is 12.9. The van der Waals surface area contributed by atoms with Gasteiger partial charge in [0.05, 0.1) is 25.2 Å². The molecule has 0 heterocycles. The number of carbonyl (C=O) groups is 5. The summed E-state index contributed by atoms with van der Waals surface area (Å²) < 4.78 is 0. The van der Waals surface area contributed by atoms with E-state index in [-0.39, 0.29) is 12.2 Å². The lowest BCUT2D eigenvalue weighted by Gasteiger charge is -2.25. The zero-order chi connectivity index (χ0) is 26.0. The number of primary amides is 1. The number of benzene rings is 1. The molecule has 0 aliphatic heterocycles. The Kier molecular flexibility index (Phi) is 10.9. The molecule has 1 aromatic carbocycles. The minimum absolute atomic E-state index is 0.0413. The van der Waals surface area contributed by atoms with Crippen molar-refractivity contribution in [2.45, 2.75) is 50.0 Å². The lowest BCUT2D eigenvalue weighted by molar-refractivity contribution is -0.145. The second-order valence-corrected chi connectivity index (χ2v) is 7.52. The van der Waals surface area contributed by atoms with Crippen LogP contribution in [0.2, 0.25) is 0 Å². The normalized spacial score (nSPS) is 15.2. The number of aliphatic hydroxyl groups excluding tert-OH is 2. The first-order chi connectivity index (χ1) is 15.8. The van der Waals surface area contributed by atoms with Gasteiger partial charge in [-0.15, -0.1) is 0 Å². The molecule has 188 valence electrons. The van der Waals surface area contributed by atoms with Gasteiger partial charge in [-0.2, -0.15) is 0 Å². The molecule has 4 amide bonds. The van der Waals surface area contributed by atoms with Gasteiger partial charge in [0.25, 0.3) is 0 Å². The Bertz CT molecular complexity index is 891. The van der Waals surface area contributed by atoms with E-state index in [1.807, 2.05) is 5.32 Å². The third kappa shape index (κ3) is 9.01. The largest absolute Gasteiger partial charge is 0.508 e. The van der Waals surface area contributed by atoms with Gasteiger partial charge in [-0.3, -0.25) is 19.2 Å². The Hall–Kier alpha value is -3.75. The molecule has 0 fully saturated rings. The van der Waals surface area contributed by atoms with E-state index in [9.17, 15) is 39.3 Å². The zero-order valence-electron chi connectivity index (χ0n) is 18.3. The fourth-order valence-corrected chi connectivity index (χ4v) is 2.77. The number of rotatable bonds is 13. The lowest BCUT2D eigenvalue weighted by Crippen LogP contribution is -2.59. The van der Waals surface area contributed by atoms with Crippen LogP contribution >= 0.6 is 0 Å². The average Bonchev–Trinajstić information content (AvgIpc) is 2.75. The highest BCUT2D eigenvalue weighted by atomic mass is 16.4. The van der Waals surface area contributed by atoms with Gasteiger partial charge >= 0.3 is 5.97 Å². The van der Waals surface area contributed by atoms with Gasteiger partial charge in [0.15, 0.2) is 6.04 Å². The van der Waals surface area contributed by atoms with Crippen molar-refractivity contribution in [3.05, 3.63) is 29.8 Å². The minimum Gasteiger partial charge on any atom is -0.508 e. The molecule has 0 radical (unpaired) electrons. The summed E-state index contributed by atoms with van der Waals surface area (Å²) in [4.78, 5) is 59.7. The van der Waals surface area contributed by atoms with Gasteiger partial charge in [0.1, 0.15) is 17.8 Å². The van der Waals surface area contributed by atoms with E-state index in [0.29, 0.717) is 5.56 Å². The molecular weight excluding hydrogens is 454 g/mol. The monoisotopic (exact) mass is 483 g/mol. The molecular formula is C20H29N5O9. The van der Waals surface area contributed by atoms with Gasteiger partial charge in [0, 0.05) is 6.42 Å². The quantitative estimate of drug-likeness (QED) is 0.131. The molecule has 0 aromatic heterocycles.